The highest BCUT2D eigenvalue weighted by Gasteiger charge is 2.50. The third-order valence-electron chi connectivity index (χ3n) is 6.24. The van der Waals surface area contributed by atoms with E-state index in [2.05, 4.69) is 5.32 Å². The zero-order valence-electron chi connectivity index (χ0n) is 23.5. The average Bonchev–Trinajstić information content (AvgIpc) is 2.92. The molecule has 0 aliphatic carbocycles. The molecule has 1 aliphatic rings. The molecule has 0 radical (unpaired) electrons. The molecule has 0 aromatic heterocycles. The highest BCUT2D eigenvalue weighted by Crippen LogP contribution is 2.50. The van der Waals surface area contributed by atoms with E-state index in [0.717, 1.165) is 11.1 Å². The fourth-order valence-corrected chi connectivity index (χ4v) is 6.43. The van der Waals surface area contributed by atoms with Crippen LogP contribution in [-0.4, -0.2) is 68.3 Å². The van der Waals surface area contributed by atoms with Crippen molar-refractivity contribution in [1.82, 2.24) is 5.32 Å². The Morgan fingerprint density at radius 3 is 1.82 bits per heavy atom. The van der Waals surface area contributed by atoms with E-state index in [9.17, 15) is 14.2 Å². The summed E-state index contributed by atoms with van der Waals surface area (Å²) < 4.78 is 49.2. The molecule has 2 aromatic carbocycles. The van der Waals surface area contributed by atoms with Crippen molar-refractivity contribution in [3.63, 3.8) is 0 Å². The van der Waals surface area contributed by atoms with Gasteiger partial charge in [0.05, 0.1) is 44.7 Å². The van der Waals surface area contributed by atoms with E-state index in [0.29, 0.717) is 0 Å². The Labute approximate surface area is 236 Å². The van der Waals surface area contributed by atoms with Gasteiger partial charge in [0.15, 0.2) is 0 Å². The first-order valence-corrected chi connectivity index (χ1v) is 15.2. The van der Waals surface area contributed by atoms with Crippen LogP contribution in [0.2, 0.25) is 0 Å². The second-order valence-corrected chi connectivity index (χ2v) is 11.5. The van der Waals surface area contributed by atoms with Crippen molar-refractivity contribution < 1.29 is 42.1 Å². The first-order chi connectivity index (χ1) is 19.2. The Morgan fingerprint density at radius 1 is 0.825 bits per heavy atom. The lowest BCUT2D eigenvalue weighted by atomic mass is 9.92. The van der Waals surface area contributed by atoms with Gasteiger partial charge in [-0.05, 0) is 25.0 Å². The first-order valence-electron chi connectivity index (χ1n) is 13.5. The predicted octanol–water partition coefficient (Wildman–Crippen LogP) is 4.26. The second kappa shape index (κ2) is 16.0. The molecule has 1 saturated heterocycles. The Kier molecular flexibility index (Phi) is 12.8. The monoisotopic (exact) mass is 577 g/mol. The van der Waals surface area contributed by atoms with Crippen LogP contribution in [0.5, 0.6) is 0 Å². The third kappa shape index (κ3) is 9.80. The molecule has 1 amide bonds. The number of hydrogen-bond acceptors (Lipinski definition) is 9. The van der Waals surface area contributed by atoms with E-state index < -0.39 is 44.0 Å². The van der Waals surface area contributed by atoms with Gasteiger partial charge in [-0.2, -0.15) is 0 Å². The molecule has 1 N–H and O–H groups in total. The Balaban J connectivity index is 1.99. The van der Waals surface area contributed by atoms with Crippen LogP contribution in [0.15, 0.2) is 60.7 Å². The Hall–Kier alpha value is -2.59. The molecule has 3 rings (SSSR count). The maximum atomic E-state index is 13.6. The predicted molar refractivity (Wildman–Crippen MR) is 149 cm³/mol. The molecule has 40 heavy (non-hydrogen) atoms. The summed E-state index contributed by atoms with van der Waals surface area (Å²) in [5, 5.41) is 2.93. The van der Waals surface area contributed by atoms with Gasteiger partial charge in [0.25, 0.3) is 0 Å². The average molecular weight is 578 g/mol. The number of ether oxygens (including phenoxy) is 4. The highest BCUT2D eigenvalue weighted by atomic mass is 31.2. The molecule has 0 bridgehead atoms. The molecule has 0 saturated carbocycles. The van der Waals surface area contributed by atoms with Gasteiger partial charge in [-0.25, -0.2) is 0 Å². The zero-order chi connectivity index (χ0) is 29.0. The van der Waals surface area contributed by atoms with Crippen LogP contribution < -0.4 is 5.32 Å². The summed E-state index contributed by atoms with van der Waals surface area (Å²) in [5.41, 5.74) is 1.84. The number of nitrogens with one attached hydrogen (secondary N) is 1. The van der Waals surface area contributed by atoms with Crippen LogP contribution in [0.4, 0.5) is 0 Å². The van der Waals surface area contributed by atoms with Gasteiger partial charge < -0.3 is 33.3 Å². The summed E-state index contributed by atoms with van der Waals surface area (Å²) in [4.78, 5) is 24.2. The molecule has 1 fully saturated rings. The molecular formula is C29H40NO9P. The number of benzene rings is 2. The molecule has 5 atom stereocenters. The van der Waals surface area contributed by atoms with Crippen molar-refractivity contribution in [2.75, 3.05) is 26.0 Å². The summed E-state index contributed by atoms with van der Waals surface area (Å²) >= 11 is 0. The SMILES string of the molecule is CCOP(=O)(C[C@H]1O[C@H](COC(C)=O)[C@@H](OCc2ccccc2)[C@H](OCc2ccccc2)[C@@H]1NC(C)=O)OCC. The van der Waals surface area contributed by atoms with Gasteiger partial charge in [0, 0.05) is 13.8 Å². The molecule has 1 aliphatic heterocycles. The minimum atomic E-state index is -3.60. The normalized spacial score (nSPS) is 22.9. The number of rotatable bonds is 15. The number of carbonyl (C=O) groups excluding carboxylic acids is 2. The van der Waals surface area contributed by atoms with Gasteiger partial charge in [-0.1, -0.05) is 60.7 Å². The van der Waals surface area contributed by atoms with Crippen molar-refractivity contribution in [2.24, 2.45) is 0 Å². The number of carbonyl (C=O) groups is 2. The molecule has 2 aromatic rings. The summed E-state index contributed by atoms with van der Waals surface area (Å²) in [7, 11) is -3.60. The highest BCUT2D eigenvalue weighted by molar-refractivity contribution is 7.53. The summed E-state index contributed by atoms with van der Waals surface area (Å²) in [6, 6.07) is 18.4. The lowest BCUT2D eigenvalue weighted by Gasteiger charge is -2.46. The number of hydrogen-bond donors (Lipinski definition) is 1. The van der Waals surface area contributed by atoms with Crippen LogP contribution in [0.25, 0.3) is 0 Å². The van der Waals surface area contributed by atoms with E-state index in [-0.39, 0.29) is 45.1 Å². The van der Waals surface area contributed by atoms with E-state index in [1.807, 2.05) is 60.7 Å². The van der Waals surface area contributed by atoms with E-state index in [4.69, 9.17) is 28.0 Å². The standard InChI is InChI=1S/C29H40NO9P/c1-5-37-40(33,38-6-2)20-26-27(30-21(3)31)29(36-18-24-15-11-8-12-16-24)28(25(39-26)19-34-22(4)32)35-17-23-13-9-7-10-14-23/h7-16,25-29H,5-6,17-20H2,1-4H3,(H,30,31)/t25-,26-,27-,28-,29-/m1/s1. The largest absolute Gasteiger partial charge is 0.463 e. The molecule has 11 heteroatoms. The second-order valence-electron chi connectivity index (χ2n) is 9.39. The Morgan fingerprint density at radius 2 is 1.35 bits per heavy atom. The smallest absolute Gasteiger partial charge is 0.333 e. The van der Waals surface area contributed by atoms with Crippen LogP contribution in [-0.2, 0) is 55.4 Å². The number of amides is 1. The van der Waals surface area contributed by atoms with E-state index in [1.54, 1.807) is 13.8 Å². The lowest BCUT2D eigenvalue weighted by Crippen LogP contribution is -2.66. The molecule has 0 unspecified atom stereocenters. The first kappa shape index (κ1) is 31.9. The minimum absolute atomic E-state index is 0.128. The van der Waals surface area contributed by atoms with Crippen molar-refractivity contribution in [1.29, 1.82) is 0 Å². The Bertz CT molecular complexity index is 1090. The molecule has 0 spiro atoms. The van der Waals surface area contributed by atoms with Gasteiger partial charge in [0.2, 0.25) is 5.91 Å². The zero-order valence-corrected chi connectivity index (χ0v) is 24.4. The van der Waals surface area contributed by atoms with Crippen molar-refractivity contribution in [3.8, 4) is 0 Å². The summed E-state index contributed by atoms with van der Waals surface area (Å²) in [6.45, 7) is 6.80. The maximum absolute atomic E-state index is 13.6. The van der Waals surface area contributed by atoms with Crippen LogP contribution in [0.3, 0.4) is 0 Å². The summed E-state index contributed by atoms with van der Waals surface area (Å²) in [6.07, 6.45) is -3.31. The van der Waals surface area contributed by atoms with E-state index in [1.165, 1.54) is 13.8 Å². The van der Waals surface area contributed by atoms with E-state index >= 15 is 0 Å². The topological polar surface area (TPSA) is 119 Å². The maximum Gasteiger partial charge on any atom is 0.333 e. The third-order valence-corrected chi connectivity index (χ3v) is 8.35. The fraction of sp³-hybridized carbons (Fsp3) is 0.517. The van der Waals surface area contributed by atoms with Gasteiger partial charge in [-0.3, -0.25) is 14.2 Å². The van der Waals surface area contributed by atoms with Gasteiger partial charge in [0.1, 0.15) is 24.9 Å². The quantitative estimate of drug-likeness (QED) is 0.245. The number of esters is 1. The molecule has 220 valence electrons. The van der Waals surface area contributed by atoms with Crippen molar-refractivity contribution in [3.05, 3.63) is 71.8 Å². The van der Waals surface area contributed by atoms with Crippen LogP contribution >= 0.6 is 7.60 Å². The van der Waals surface area contributed by atoms with Crippen LogP contribution in [0, 0.1) is 0 Å². The minimum Gasteiger partial charge on any atom is -0.463 e. The molecule has 10 nitrogen and oxygen atoms in total. The van der Waals surface area contributed by atoms with Gasteiger partial charge in [-0.15, -0.1) is 0 Å². The lowest BCUT2D eigenvalue weighted by molar-refractivity contribution is -0.227. The molecular weight excluding hydrogens is 537 g/mol. The molecule has 1 heterocycles. The van der Waals surface area contributed by atoms with Crippen molar-refractivity contribution >= 4 is 19.5 Å². The van der Waals surface area contributed by atoms with Gasteiger partial charge >= 0.3 is 13.6 Å². The fourth-order valence-electron chi connectivity index (χ4n) is 4.60. The summed E-state index contributed by atoms with van der Waals surface area (Å²) in [5.74, 6) is -0.809. The van der Waals surface area contributed by atoms with Crippen molar-refractivity contribution in [2.45, 2.75) is 71.4 Å². The van der Waals surface area contributed by atoms with Crippen LogP contribution in [0.1, 0.15) is 38.8 Å².